The highest BCUT2D eigenvalue weighted by atomic mass is 35.5. The van der Waals surface area contributed by atoms with Crippen molar-refractivity contribution in [2.24, 2.45) is 0 Å². The molecule has 7 nitrogen and oxygen atoms in total. The number of halogens is 2. The van der Waals surface area contributed by atoms with Gasteiger partial charge in [-0.05, 0) is 60.5 Å². The number of nitrogens with one attached hydrogen (secondary N) is 1. The van der Waals surface area contributed by atoms with E-state index in [0.29, 0.717) is 17.1 Å². The summed E-state index contributed by atoms with van der Waals surface area (Å²) in [5.41, 5.74) is 0.873. The van der Waals surface area contributed by atoms with Crippen LogP contribution >= 0.6 is 11.6 Å². The molecule has 0 saturated heterocycles. The first-order valence-corrected chi connectivity index (χ1v) is 11.2. The Morgan fingerprint density at radius 3 is 2.53 bits per heavy atom. The molecule has 0 fully saturated rings. The first kappa shape index (κ1) is 21.8. The zero-order valence-corrected chi connectivity index (χ0v) is 18.0. The molecule has 164 valence electrons. The number of hydrogen-bond acceptors (Lipinski definition) is 4. The van der Waals surface area contributed by atoms with Crippen LogP contribution in [0.1, 0.15) is 26.3 Å². The maximum Gasteiger partial charge on any atom is 0.338 e. The number of nitrogens with zero attached hydrogens (tertiary/aromatic N) is 1. The van der Waals surface area contributed by atoms with Crippen molar-refractivity contribution in [1.29, 1.82) is 0 Å². The third-order valence-electron chi connectivity index (χ3n) is 5.04. The third kappa shape index (κ3) is 4.04. The standard InChI is InChI=1S/C22H16ClFN2O5S/c23-15-2-1-3-17(11-15)32(30,31)26-9-8-13-4-5-14(10-20(13)26)21(27)25-16-6-7-18(22(28)29)19(24)12-16/h1-7,10-12H,8-9H2,(H,25,27)(H,28,29). The highest BCUT2D eigenvalue weighted by Crippen LogP contribution is 2.34. The number of aromatic carboxylic acids is 1. The lowest BCUT2D eigenvalue weighted by Crippen LogP contribution is -2.29. The van der Waals surface area contributed by atoms with Crippen LogP contribution in [0, 0.1) is 5.82 Å². The minimum Gasteiger partial charge on any atom is -0.478 e. The molecule has 0 bridgehead atoms. The van der Waals surface area contributed by atoms with E-state index in [-0.39, 0.29) is 22.7 Å². The van der Waals surface area contributed by atoms with Gasteiger partial charge in [-0.1, -0.05) is 23.7 Å². The number of benzene rings is 3. The minimum atomic E-state index is -3.88. The van der Waals surface area contributed by atoms with Gasteiger partial charge >= 0.3 is 5.97 Å². The summed E-state index contributed by atoms with van der Waals surface area (Å²) in [5, 5.41) is 11.7. The summed E-state index contributed by atoms with van der Waals surface area (Å²) < 4.78 is 41.4. The van der Waals surface area contributed by atoms with Crippen LogP contribution in [0.25, 0.3) is 0 Å². The molecule has 1 aliphatic heterocycles. The predicted octanol–water partition coefficient (Wildman–Crippen LogP) is 4.18. The van der Waals surface area contributed by atoms with Gasteiger partial charge in [0.05, 0.1) is 16.1 Å². The Balaban J connectivity index is 1.62. The lowest BCUT2D eigenvalue weighted by Gasteiger charge is -2.20. The van der Waals surface area contributed by atoms with Crippen molar-refractivity contribution in [2.45, 2.75) is 11.3 Å². The van der Waals surface area contributed by atoms with Crippen LogP contribution in [0.5, 0.6) is 0 Å². The van der Waals surface area contributed by atoms with Gasteiger partial charge in [0.25, 0.3) is 15.9 Å². The van der Waals surface area contributed by atoms with Gasteiger partial charge in [0.2, 0.25) is 0 Å². The number of carbonyl (C=O) groups excluding carboxylic acids is 1. The molecule has 3 aromatic carbocycles. The predicted molar refractivity (Wildman–Crippen MR) is 117 cm³/mol. The molecule has 3 aromatic rings. The number of rotatable bonds is 5. The highest BCUT2D eigenvalue weighted by molar-refractivity contribution is 7.92. The van der Waals surface area contributed by atoms with Crippen LogP contribution < -0.4 is 9.62 Å². The van der Waals surface area contributed by atoms with Crippen LogP contribution in [-0.2, 0) is 16.4 Å². The van der Waals surface area contributed by atoms with Crippen molar-refractivity contribution in [1.82, 2.24) is 0 Å². The largest absolute Gasteiger partial charge is 0.478 e. The zero-order chi connectivity index (χ0) is 23.0. The average molecular weight is 475 g/mol. The molecule has 0 aromatic heterocycles. The maximum atomic E-state index is 13.9. The third-order valence-corrected chi connectivity index (χ3v) is 7.09. The Labute approximate surface area is 188 Å². The van der Waals surface area contributed by atoms with Gasteiger partial charge in [-0.25, -0.2) is 17.6 Å². The van der Waals surface area contributed by atoms with Gasteiger partial charge in [0.15, 0.2) is 0 Å². The zero-order valence-electron chi connectivity index (χ0n) is 16.4. The van der Waals surface area contributed by atoms with E-state index in [1.807, 2.05) is 0 Å². The quantitative estimate of drug-likeness (QED) is 0.577. The van der Waals surface area contributed by atoms with Gasteiger partial charge in [0, 0.05) is 22.8 Å². The Bertz CT molecular complexity index is 1360. The number of fused-ring (bicyclic) bond motifs is 1. The van der Waals surface area contributed by atoms with E-state index in [1.54, 1.807) is 24.3 Å². The Morgan fingerprint density at radius 2 is 1.84 bits per heavy atom. The molecule has 0 spiro atoms. The summed E-state index contributed by atoms with van der Waals surface area (Å²) >= 11 is 5.94. The summed E-state index contributed by atoms with van der Waals surface area (Å²) in [6.07, 6.45) is 0.485. The van der Waals surface area contributed by atoms with Crippen molar-refractivity contribution in [3.05, 3.63) is 88.2 Å². The lowest BCUT2D eigenvalue weighted by atomic mass is 10.1. The fraction of sp³-hybridized carbons (Fsp3) is 0.0909. The molecule has 4 rings (SSSR count). The fourth-order valence-corrected chi connectivity index (χ4v) is 5.26. The van der Waals surface area contributed by atoms with Gasteiger partial charge < -0.3 is 10.4 Å². The fourth-order valence-electron chi connectivity index (χ4n) is 3.47. The van der Waals surface area contributed by atoms with E-state index in [2.05, 4.69) is 5.32 Å². The minimum absolute atomic E-state index is 0.0432. The van der Waals surface area contributed by atoms with Crippen LogP contribution in [-0.4, -0.2) is 31.9 Å². The number of anilines is 2. The summed E-state index contributed by atoms with van der Waals surface area (Å²) in [4.78, 5) is 23.7. The SMILES string of the molecule is O=C(Nc1ccc(C(=O)O)c(F)c1)c1ccc2c(c1)N(S(=O)(=O)c1cccc(Cl)c1)CC2. The molecule has 0 saturated carbocycles. The molecule has 10 heteroatoms. The van der Waals surface area contributed by atoms with E-state index in [4.69, 9.17) is 16.7 Å². The monoisotopic (exact) mass is 474 g/mol. The molecule has 0 unspecified atom stereocenters. The number of hydrogen-bond donors (Lipinski definition) is 2. The first-order chi connectivity index (χ1) is 15.2. The number of carboxylic acid groups (broad SMARTS) is 1. The number of carboxylic acids is 1. The van der Waals surface area contributed by atoms with Crippen LogP contribution in [0.15, 0.2) is 65.6 Å². The van der Waals surface area contributed by atoms with Crippen molar-refractivity contribution in [3.8, 4) is 0 Å². The van der Waals surface area contributed by atoms with Crippen molar-refractivity contribution in [2.75, 3.05) is 16.2 Å². The maximum absolute atomic E-state index is 13.9. The molecule has 0 aliphatic carbocycles. The number of carbonyl (C=O) groups is 2. The Morgan fingerprint density at radius 1 is 1.06 bits per heavy atom. The second-order valence-corrected chi connectivity index (χ2v) is 9.38. The summed E-state index contributed by atoms with van der Waals surface area (Å²) in [6.45, 7) is 0.219. The molecule has 1 heterocycles. The second-order valence-electron chi connectivity index (χ2n) is 7.08. The van der Waals surface area contributed by atoms with Gasteiger partial charge in [-0.2, -0.15) is 0 Å². The van der Waals surface area contributed by atoms with E-state index in [1.165, 1.54) is 28.6 Å². The Hall–Kier alpha value is -3.43. The highest BCUT2D eigenvalue weighted by Gasteiger charge is 2.31. The number of sulfonamides is 1. The molecular formula is C22H16ClFN2O5S. The molecule has 32 heavy (non-hydrogen) atoms. The van der Waals surface area contributed by atoms with Crippen molar-refractivity contribution in [3.63, 3.8) is 0 Å². The van der Waals surface area contributed by atoms with E-state index in [0.717, 1.165) is 17.7 Å². The summed E-state index contributed by atoms with van der Waals surface area (Å²) in [7, 11) is -3.88. The van der Waals surface area contributed by atoms with Crippen molar-refractivity contribution < 1.29 is 27.5 Å². The topological polar surface area (TPSA) is 104 Å². The summed E-state index contributed by atoms with van der Waals surface area (Å²) in [5.74, 6) is -3.00. The van der Waals surface area contributed by atoms with Gasteiger partial charge in [-0.15, -0.1) is 0 Å². The summed E-state index contributed by atoms with van der Waals surface area (Å²) in [6, 6.07) is 13.8. The smallest absolute Gasteiger partial charge is 0.338 e. The lowest BCUT2D eigenvalue weighted by molar-refractivity contribution is 0.0691. The molecule has 1 amide bonds. The van der Waals surface area contributed by atoms with Gasteiger partial charge in [0.1, 0.15) is 5.82 Å². The molecular weight excluding hydrogens is 459 g/mol. The molecule has 0 radical (unpaired) electrons. The van der Waals surface area contributed by atoms with E-state index < -0.39 is 33.3 Å². The van der Waals surface area contributed by atoms with Crippen LogP contribution in [0.4, 0.5) is 15.8 Å². The molecule has 1 aliphatic rings. The first-order valence-electron chi connectivity index (χ1n) is 9.42. The van der Waals surface area contributed by atoms with Crippen LogP contribution in [0.3, 0.4) is 0 Å². The normalized spacial score (nSPS) is 13.0. The number of amides is 1. The van der Waals surface area contributed by atoms with Gasteiger partial charge in [-0.3, -0.25) is 9.10 Å². The average Bonchev–Trinajstić information content (AvgIpc) is 3.17. The van der Waals surface area contributed by atoms with E-state index in [9.17, 15) is 22.4 Å². The Kier molecular flexibility index (Phi) is 5.62. The molecule has 2 N–H and O–H groups in total. The second kappa shape index (κ2) is 8.25. The van der Waals surface area contributed by atoms with E-state index >= 15 is 0 Å². The molecule has 0 atom stereocenters. The van der Waals surface area contributed by atoms with Crippen molar-refractivity contribution >= 4 is 44.9 Å². The van der Waals surface area contributed by atoms with Crippen LogP contribution in [0.2, 0.25) is 5.02 Å².